The van der Waals surface area contributed by atoms with Crippen molar-refractivity contribution in [2.24, 2.45) is 35.0 Å². The second-order valence-corrected chi connectivity index (χ2v) is 33.0. The molecule has 12 atom stereocenters. The lowest BCUT2D eigenvalue weighted by Gasteiger charge is -2.53. The molecule has 0 radical (unpaired) electrons. The van der Waals surface area contributed by atoms with Crippen LogP contribution in [-0.4, -0.2) is 105 Å². The van der Waals surface area contributed by atoms with Crippen LogP contribution in [0.3, 0.4) is 0 Å². The molecule has 4 saturated carbocycles. The van der Waals surface area contributed by atoms with Gasteiger partial charge in [-0.1, -0.05) is 148 Å². The van der Waals surface area contributed by atoms with Gasteiger partial charge in [0.15, 0.2) is 35.6 Å². The van der Waals surface area contributed by atoms with E-state index >= 15 is 4.79 Å². The van der Waals surface area contributed by atoms with E-state index in [-0.39, 0.29) is 42.3 Å². The van der Waals surface area contributed by atoms with E-state index in [0.717, 1.165) is 119 Å². The van der Waals surface area contributed by atoms with Crippen molar-refractivity contribution in [1.82, 2.24) is 10.3 Å². The van der Waals surface area contributed by atoms with Gasteiger partial charge in [0, 0.05) is 64.9 Å². The number of carbonyl (C=O) groups excluding carboxylic acids is 1. The number of hydrogen-bond donors (Lipinski definition) is 8. The molecular formula is C77H92N2O10S4. The van der Waals surface area contributed by atoms with E-state index in [1.165, 1.54) is 31.2 Å². The number of ketones is 1. The van der Waals surface area contributed by atoms with E-state index in [0.29, 0.717) is 64.9 Å². The summed E-state index contributed by atoms with van der Waals surface area (Å²) in [5.74, 6) is 0.113. The summed E-state index contributed by atoms with van der Waals surface area (Å²) in [5, 5.41) is 80.3. The van der Waals surface area contributed by atoms with E-state index in [2.05, 4.69) is 77.9 Å². The van der Waals surface area contributed by atoms with Gasteiger partial charge in [0.2, 0.25) is 0 Å². The number of rotatable bonds is 13. The number of benzene rings is 6. The smallest absolute Gasteiger partial charge is 0.186 e. The van der Waals surface area contributed by atoms with Crippen LogP contribution in [0.25, 0.3) is 10.8 Å². The third kappa shape index (κ3) is 13.1. The van der Waals surface area contributed by atoms with Crippen LogP contribution in [0.4, 0.5) is 0 Å². The zero-order valence-electron chi connectivity index (χ0n) is 53.9. The predicted octanol–water partition coefficient (Wildman–Crippen LogP) is 14.9. The third-order valence-electron chi connectivity index (χ3n) is 22.8. The lowest BCUT2D eigenvalue weighted by Crippen LogP contribution is -2.62. The van der Waals surface area contributed by atoms with Crippen molar-refractivity contribution in [3.05, 3.63) is 183 Å². The molecule has 3 heterocycles. The molecule has 494 valence electrons. The van der Waals surface area contributed by atoms with Crippen LogP contribution >= 0.6 is 43.2 Å². The Balaban J connectivity index is 1.00. The van der Waals surface area contributed by atoms with Crippen molar-refractivity contribution < 1.29 is 49.6 Å². The molecule has 13 rings (SSSR count). The molecule has 12 nitrogen and oxygen atoms in total. The fraction of sp³-hybridized carbons (Fsp3) is 0.494. The Labute approximate surface area is 564 Å². The average Bonchev–Trinajstić information content (AvgIpc) is 1.05. The van der Waals surface area contributed by atoms with Crippen molar-refractivity contribution >= 4 is 59.7 Å². The zero-order valence-corrected chi connectivity index (χ0v) is 57.2. The monoisotopic (exact) mass is 1330 g/mol. The van der Waals surface area contributed by atoms with Gasteiger partial charge in [-0.3, -0.25) is 4.79 Å². The van der Waals surface area contributed by atoms with Crippen LogP contribution in [-0.2, 0) is 47.9 Å². The van der Waals surface area contributed by atoms with Crippen molar-refractivity contribution in [3.63, 3.8) is 0 Å². The molecule has 7 aromatic rings. The Bertz CT molecular complexity index is 3730. The van der Waals surface area contributed by atoms with Gasteiger partial charge >= 0.3 is 0 Å². The Morgan fingerprint density at radius 3 is 2.37 bits per heavy atom. The summed E-state index contributed by atoms with van der Waals surface area (Å²) in [6.07, 6.45) is 15.6. The molecule has 8 N–H and O–H groups in total. The molecule has 93 heavy (non-hydrogen) atoms. The van der Waals surface area contributed by atoms with Crippen molar-refractivity contribution in [2.75, 3.05) is 44.8 Å². The first kappa shape index (κ1) is 66.3. The summed E-state index contributed by atoms with van der Waals surface area (Å²) < 4.78 is 19.5. The molecule has 0 saturated heterocycles. The van der Waals surface area contributed by atoms with Crippen LogP contribution < -0.4 is 19.5 Å². The highest BCUT2D eigenvalue weighted by Gasteiger charge is 2.62. The Morgan fingerprint density at radius 2 is 1.59 bits per heavy atom. The van der Waals surface area contributed by atoms with E-state index in [9.17, 15) is 30.6 Å². The first-order valence-electron chi connectivity index (χ1n) is 34.0. The minimum Gasteiger partial charge on any atom is -0.508 e. The highest BCUT2D eigenvalue weighted by Crippen LogP contribution is 2.59. The summed E-state index contributed by atoms with van der Waals surface area (Å²) >= 11 is 0. The van der Waals surface area contributed by atoms with E-state index in [1.807, 2.05) is 72.7 Å². The number of aliphatic hydroxyl groups is 4. The number of phenols is 2. The SMILES string of the molecule is CCc1ccc2cccc3c2c1Cc1c(ccc(O)c1OC)C[C@@H](Cc1cc[nH]c1)[C@H](O)[C@@H]1C(=O)[C@@](c2cc(O)cc([C@@]4(NC)CCC[C@@H](Cc5ccccc5)C4)c2)([C@@H]2CSSC[C@H]4CC5(CCCC5)CC[C@H]4Oc4cc2ccc4OCO)[C@@H](O)C[C@H]1CSS[C@H]3CO. The molecule has 4 aliphatic carbocycles. The Hall–Kier alpha value is -5.27. The number of aromatic nitrogens is 1. The summed E-state index contributed by atoms with van der Waals surface area (Å²) in [6.45, 7) is 1.43. The first-order chi connectivity index (χ1) is 45.3. The normalized spacial score (nSPS) is 29.2. The number of aromatic hydroxyl groups is 2. The zero-order chi connectivity index (χ0) is 64.4. The maximum atomic E-state index is 18.0. The molecule has 2 aliphatic heterocycles. The number of carbonyl (C=O) groups is 1. The number of aliphatic hydroxyl groups excluding tert-OH is 4. The fourth-order valence-electron chi connectivity index (χ4n) is 18.2. The number of aromatic amines is 1. The van der Waals surface area contributed by atoms with Crippen molar-refractivity contribution in [1.29, 1.82) is 0 Å². The predicted molar refractivity (Wildman–Crippen MR) is 378 cm³/mol. The number of H-pyrrole nitrogens is 1. The molecule has 1 aromatic heterocycles. The molecule has 0 unspecified atom stereocenters. The number of fused-ring (bicyclic) bond motifs is 5. The van der Waals surface area contributed by atoms with Crippen LogP contribution in [0.5, 0.6) is 28.7 Å². The molecule has 1 spiro atoms. The van der Waals surface area contributed by atoms with Crippen LogP contribution in [0.15, 0.2) is 128 Å². The van der Waals surface area contributed by atoms with Gasteiger partial charge in [-0.15, -0.1) is 0 Å². The molecule has 2 bridgehead atoms. The molecule has 0 amide bonds. The second kappa shape index (κ2) is 28.8. The second-order valence-electron chi connectivity index (χ2n) is 27.9. The molecule has 4 fully saturated rings. The van der Waals surface area contributed by atoms with E-state index in [4.69, 9.17) is 14.2 Å². The van der Waals surface area contributed by atoms with Gasteiger partial charge in [-0.05, 0) is 211 Å². The maximum Gasteiger partial charge on any atom is 0.186 e. The highest BCUT2D eigenvalue weighted by molar-refractivity contribution is 8.77. The topological polar surface area (TPSA) is 194 Å². The first-order valence-corrected chi connectivity index (χ1v) is 38.9. The molecule has 6 aliphatic rings. The molecular weight excluding hydrogens is 1240 g/mol. The number of Topliss-reactive ketones (excluding diaryl/α,β-unsaturated/α-hetero) is 1. The Kier molecular flexibility index (Phi) is 20.6. The summed E-state index contributed by atoms with van der Waals surface area (Å²) in [7, 11) is 10.3. The van der Waals surface area contributed by atoms with Gasteiger partial charge < -0.3 is 55.2 Å². The summed E-state index contributed by atoms with van der Waals surface area (Å²) in [6, 6.07) is 38.4. The van der Waals surface area contributed by atoms with Gasteiger partial charge in [-0.2, -0.15) is 0 Å². The lowest BCUT2D eigenvalue weighted by molar-refractivity contribution is -0.150. The maximum absolute atomic E-state index is 18.0. The molecule has 6 aromatic carbocycles. The largest absolute Gasteiger partial charge is 0.508 e. The number of phenolic OH excluding ortho intramolecular Hbond substituents is 2. The van der Waals surface area contributed by atoms with Gasteiger partial charge in [0.05, 0.1) is 36.6 Å². The number of hydrogen-bond acceptors (Lipinski definition) is 15. The third-order valence-corrected chi connectivity index (χ3v) is 28.2. The molecule has 16 heteroatoms. The van der Waals surface area contributed by atoms with Crippen LogP contribution in [0, 0.1) is 35.0 Å². The standard InChI is InChI=1S/C77H92N2O10S4/c1-4-50-17-18-51-15-10-16-60-68(42-80)93-92-43-55-34-69(84)77(58-35-57(36-59(82)37-58)76(78-2)27-11-14-48(39-76)30-47-12-6-5-7-13-47,63-45-91-90-44-56-40-75(25-8-9-26-75)28-23-65(56)89-67-33-53(63)20-22-66(67)88-46-81)74(86)71(55)72(85)54(31-49-24-29-79-41-49)32-52-19-21-64(83)73(87-3)62(52)38-61(50)70(51)60/h5-7,10,12-13,15-22,24,29,33,35-37,41,48,54-56,63,65,68-69,71-72,78-85H,4,8-9,11,14,23,25-28,30-32,34,38-40,42-46H2,1-3H3/t48-,54+,55-,56+,63+,65+,68-,69-,71+,72-,76+,77-/m0/s1. The number of nitrogens with one attached hydrogen (secondary N) is 2. The number of methoxy groups -OCH3 is 1. The number of ether oxygens (including phenoxy) is 3. The van der Waals surface area contributed by atoms with Gasteiger partial charge in [0.25, 0.3) is 0 Å². The Morgan fingerprint density at radius 1 is 0.774 bits per heavy atom. The van der Waals surface area contributed by atoms with Crippen LogP contribution in [0.1, 0.15) is 151 Å². The fourth-order valence-corrected chi connectivity index (χ4v) is 23.9. The average molecular weight is 1330 g/mol. The minimum absolute atomic E-state index is 0.000756. The highest BCUT2D eigenvalue weighted by atomic mass is 33.1. The van der Waals surface area contributed by atoms with E-state index < -0.39 is 58.9 Å². The summed E-state index contributed by atoms with van der Waals surface area (Å²) in [5.41, 5.74) is 7.11. The van der Waals surface area contributed by atoms with Gasteiger partial charge in [-0.25, -0.2) is 0 Å². The quantitative estimate of drug-likeness (QED) is 0.0401. The van der Waals surface area contributed by atoms with Crippen LogP contribution in [0.2, 0.25) is 0 Å². The van der Waals surface area contributed by atoms with Gasteiger partial charge in [0.1, 0.15) is 11.9 Å². The minimum atomic E-state index is -1.78. The lowest BCUT2D eigenvalue weighted by atomic mass is 9.52. The summed E-state index contributed by atoms with van der Waals surface area (Å²) in [4.78, 5) is 21.3. The number of aryl methyl sites for hydroxylation is 1. The van der Waals surface area contributed by atoms with Crippen molar-refractivity contribution in [3.8, 4) is 28.7 Å². The van der Waals surface area contributed by atoms with E-state index in [1.54, 1.807) is 51.6 Å². The van der Waals surface area contributed by atoms with Crippen molar-refractivity contribution in [2.45, 2.75) is 157 Å².